The molecule has 0 saturated heterocycles. The van der Waals surface area contributed by atoms with Crippen LogP contribution < -0.4 is 5.73 Å². The van der Waals surface area contributed by atoms with Crippen LogP contribution in [0.15, 0.2) is 18.5 Å². The highest BCUT2D eigenvalue weighted by atomic mass is 15.0. The summed E-state index contributed by atoms with van der Waals surface area (Å²) in [7, 11) is 0. The van der Waals surface area contributed by atoms with Crippen molar-refractivity contribution >= 4 is 11.0 Å². The second-order valence-corrected chi connectivity index (χ2v) is 4.10. The number of fused-ring (bicyclic) bond motifs is 1. The Morgan fingerprint density at radius 3 is 2.93 bits per heavy atom. The van der Waals surface area contributed by atoms with Gasteiger partial charge in [0.15, 0.2) is 0 Å². The lowest BCUT2D eigenvalue weighted by molar-refractivity contribution is 0.443. The number of nitrogens with two attached hydrogens (primary N) is 1. The maximum absolute atomic E-state index is 5.80. The number of H-pyrrole nitrogens is 1. The molecular weight excluding hydrogens is 188 g/mol. The Balaban J connectivity index is 2.52. The van der Waals surface area contributed by atoms with Crippen LogP contribution in [0, 0.1) is 0 Å². The molecule has 0 radical (unpaired) electrons. The highest BCUT2D eigenvalue weighted by Gasteiger charge is 2.26. The molecule has 1 atom stereocenters. The molecule has 2 heterocycles. The van der Waals surface area contributed by atoms with Crippen molar-refractivity contribution in [2.75, 3.05) is 6.54 Å². The van der Waals surface area contributed by atoms with E-state index < -0.39 is 0 Å². The van der Waals surface area contributed by atoms with Gasteiger partial charge in [-0.05, 0) is 12.5 Å². The maximum Gasteiger partial charge on any atom is 0.114 e. The van der Waals surface area contributed by atoms with Crippen molar-refractivity contribution in [1.29, 1.82) is 0 Å². The van der Waals surface area contributed by atoms with Crippen molar-refractivity contribution in [2.45, 2.75) is 25.7 Å². The zero-order valence-electron chi connectivity index (χ0n) is 9.12. The van der Waals surface area contributed by atoms with Crippen LogP contribution in [0.3, 0.4) is 0 Å². The molecule has 15 heavy (non-hydrogen) atoms. The first kappa shape index (κ1) is 10.1. The Hall–Kier alpha value is -1.42. The van der Waals surface area contributed by atoms with Crippen molar-refractivity contribution in [1.82, 2.24) is 15.0 Å². The smallest absolute Gasteiger partial charge is 0.114 e. The van der Waals surface area contributed by atoms with Gasteiger partial charge in [-0.25, -0.2) is 4.98 Å². The number of pyridine rings is 1. The maximum atomic E-state index is 5.80. The molecule has 0 spiro atoms. The quantitative estimate of drug-likeness (QED) is 0.797. The minimum atomic E-state index is -0.0704. The van der Waals surface area contributed by atoms with Gasteiger partial charge in [-0.2, -0.15) is 0 Å². The fourth-order valence-corrected chi connectivity index (χ4v) is 1.55. The molecule has 1 unspecified atom stereocenters. The lowest BCUT2D eigenvalue weighted by atomic mass is 9.87. The summed E-state index contributed by atoms with van der Waals surface area (Å²) in [6.45, 7) is 4.84. The van der Waals surface area contributed by atoms with Gasteiger partial charge >= 0.3 is 0 Å². The molecule has 4 nitrogen and oxygen atoms in total. The van der Waals surface area contributed by atoms with Crippen LogP contribution in [-0.2, 0) is 5.41 Å². The summed E-state index contributed by atoms with van der Waals surface area (Å²) >= 11 is 0. The van der Waals surface area contributed by atoms with Crippen LogP contribution in [0.1, 0.15) is 26.1 Å². The Morgan fingerprint density at radius 2 is 2.33 bits per heavy atom. The van der Waals surface area contributed by atoms with E-state index >= 15 is 0 Å². The number of hydrogen-bond acceptors (Lipinski definition) is 3. The van der Waals surface area contributed by atoms with Gasteiger partial charge < -0.3 is 10.7 Å². The number of hydrogen-bond donors (Lipinski definition) is 2. The Kier molecular flexibility index (Phi) is 2.44. The van der Waals surface area contributed by atoms with Crippen LogP contribution >= 0.6 is 0 Å². The van der Waals surface area contributed by atoms with E-state index in [0.29, 0.717) is 6.54 Å². The van der Waals surface area contributed by atoms with E-state index in [2.05, 4.69) is 28.8 Å². The van der Waals surface area contributed by atoms with Crippen molar-refractivity contribution in [3.05, 3.63) is 24.3 Å². The fourth-order valence-electron chi connectivity index (χ4n) is 1.55. The second kappa shape index (κ2) is 3.62. The first-order valence-electron chi connectivity index (χ1n) is 5.20. The van der Waals surface area contributed by atoms with Gasteiger partial charge in [-0.3, -0.25) is 4.98 Å². The third-order valence-corrected chi connectivity index (χ3v) is 3.09. The predicted octanol–water partition coefficient (Wildman–Crippen LogP) is 1.58. The standard InChI is InChI=1S/C11H16N4/c1-3-11(2,7-12)10-14-8-4-5-13-6-9(8)15-10/h4-6H,3,7,12H2,1-2H3,(H,14,15). The fraction of sp³-hybridized carbons (Fsp3) is 0.455. The summed E-state index contributed by atoms with van der Waals surface area (Å²) in [6, 6.07) is 1.90. The molecule has 0 aliphatic carbocycles. The first-order valence-corrected chi connectivity index (χ1v) is 5.20. The van der Waals surface area contributed by atoms with Crippen LogP contribution in [0.2, 0.25) is 0 Å². The van der Waals surface area contributed by atoms with Crippen LogP contribution in [0.5, 0.6) is 0 Å². The number of aromatic nitrogens is 3. The zero-order chi connectivity index (χ0) is 10.9. The average Bonchev–Trinajstić information content (AvgIpc) is 2.72. The summed E-state index contributed by atoms with van der Waals surface area (Å²) in [5.41, 5.74) is 7.65. The number of rotatable bonds is 3. The zero-order valence-corrected chi connectivity index (χ0v) is 9.12. The van der Waals surface area contributed by atoms with E-state index in [-0.39, 0.29) is 5.41 Å². The normalized spacial score (nSPS) is 15.4. The molecule has 0 fully saturated rings. The van der Waals surface area contributed by atoms with Crippen molar-refractivity contribution in [2.24, 2.45) is 5.73 Å². The summed E-state index contributed by atoms with van der Waals surface area (Å²) in [5.74, 6) is 0.954. The van der Waals surface area contributed by atoms with E-state index in [9.17, 15) is 0 Å². The molecule has 2 aromatic heterocycles. The average molecular weight is 204 g/mol. The van der Waals surface area contributed by atoms with Gasteiger partial charge in [0.1, 0.15) is 5.82 Å². The van der Waals surface area contributed by atoms with Crippen LogP contribution in [0.25, 0.3) is 11.0 Å². The number of nitrogens with zero attached hydrogens (tertiary/aromatic N) is 2. The van der Waals surface area contributed by atoms with E-state index in [1.165, 1.54) is 0 Å². The third-order valence-electron chi connectivity index (χ3n) is 3.09. The number of imidazole rings is 1. The molecule has 0 aliphatic rings. The van der Waals surface area contributed by atoms with Gasteiger partial charge in [0, 0.05) is 18.2 Å². The lowest BCUT2D eigenvalue weighted by Gasteiger charge is -2.23. The molecule has 2 aromatic rings. The van der Waals surface area contributed by atoms with Gasteiger partial charge in [-0.15, -0.1) is 0 Å². The van der Waals surface area contributed by atoms with Crippen molar-refractivity contribution in [3.63, 3.8) is 0 Å². The minimum absolute atomic E-state index is 0.0704. The topological polar surface area (TPSA) is 67.6 Å². The van der Waals surface area contributed by atoms with E-state index in [4.69, 9.17) is 5.73 Å². The molecule has 0 aromatic carbocycles. The molecular formula is C11H16N4. The highest BCUT2D eigenvalue weighted by molar-refractivity contribution is 5.73. The lowest BCUT2D eigenvalue weighted by Crippen LogP contribution is -2.32. The second-order valence-electron chi connectivity index (χ2n) is 4.10. The highest BCUT2D eigenvalue weighted by Crippen LogP contribution is 2.25. The molecule has 2 rings (SSSR count). The molecule has 0 amide bonds. The first-order chi connectivity index (χ1) is 7.19. The molecule has 4 heteroatoms. The summed E-state index contributed by atoms with van der Waals surface area (Å²) in [5, 5.41) is 0. The third kappa shape index (κ3) is 1.61. The van der Waals surface area contributed by atoms with E-state index in [1.807, 2.05) is 6.07 Å². The Bertz CT molecular complexity index is 423. The molecule has 3 N–H and O–H groups in total. The van der Waals surface area contributed by atoms with E-state index in [1.54, 1.807) is 12.4 Å². The molecule has 0 saturated carbocycles. The number of aromatic amines is 1. The summed E-state index contributed by atoms with van der Waals surface area (Å²) in [4.78, 5) is 11.9. The monoisotopic (exact) mass is 204 g/mol. The molecule has 0 aliphatic heterocycles. The Morgan fingerprint density at radius 1 is 1.53 bits per heavy atom. The van der Waals surface area contributed by atoms with Crippen LogP contribution in [-0.4, -0.2) is 21.5 Å². The van der Waals surface area contributed by atoms with Gasteiger partial charge in [0.05, 0.1) is 17.2 Å². The largest absolute Gasteiger partial charge is 0.340 e. The minimum Gasteiger partial charge on any atom is -0.340 e. The van der Waals surface area contributed by atoms with Gasteiger partial charge in [-0.1, -0.05) is 13.8 Å². The van der Waals surface area contributed by atoms with Crippen LogP contribution in [0.4, 0.5) is 0 Å². The van der Waals surface area contributed by atoms with E-state index in [0.717, 1.165) is 23.3 Å². The summed E-state index contributed by atoms with van der Waals surface area (Å²) < 4.78 is 0. The predicted molar refractivity (Wildman–Crippen MR) is 60.6 cm³/mol. The SMILES string of the molecule is CCC(C)(CN)c1nc2ccncc2[nH]1. The van der Waals surface area contributed by atoms with Gasteiger partial charge in [0.25, 0.3) is 0 Å². The summed E-state index contributed by atoms with van der Waals surface area (Å²) in [6.07, 6.45) is 4.51. The molecule has 0 bridgehead atoms. The van der Waals surface area contributed by atoms with Gasteiger partial charge in [0.2, 0.25) is 0 Å². The number of nitrogens with one attached hydrogen (secondary N) is 1. The van der Waals surface area contributed by atoms with Crippen molar-refractivity contribution in [3.8, 4) is 0 Å². The molecule has 80 valence electrons. The Labute approximate surface area is 88.9 Å². The van der Waals surface area contributed by atoms with Crippen molar-refractivity contribution < 1.29 is 0 Å².